The number of nitrogens with zero attached hydrogens (tertiary/aromatic N) is 2. The molecule has 2 amide bonds. The van der Waals surface area contributed by atoms with Crippen molar-refractivity contribution in [1.29, 1.82) is 0 Å². The van der Waals surface area contributed by atoms with Gasteiger partial charge < -0.3 is 10.2 Å². The van der Waals surface area contributed by atoms with Crippen LogP contribution in [0.4, 0.5) is 18.9 Å². The number of hydrogen-bond donors (Lipinski definition) is 1. The number of benzene rings is 3. The highest BCUT2D eigenvalue weighted by molar-refractivity contribution is 7.92. The Morgan fingerprint density at radius 2 is 1.51 bits per heavy atom. The van der Waals surface area contributed by atoms with Gasteiger partial charge in [-0.25, -0.2) is 8.42 Å². The number of hydrogen-bond acceptors (Lipinski definition) is 4. The van der Waals surface area contributed by atoms with Crippen LogP contribution in [-0.2, 0) is 38.8 Å². The molecule has 0 spiro atoms. The van der Waals surface area contributed by atoms with E-state index in [0.29, 0.717) is 27.0 Å². The van der Waals surface area contributed by atoms with E-state index in [2.05, 4.69) is 5.32 Å². The third kappa shape index (κ3) is 9.87. The summed E-state index contributed by atoms with van der Waals surface area (Å²) < 4.78 is 66.9. The van der Waals surface area contributed by atoms with Crippen LogP contribution in [0.15, 0.2) is 72.8 Å². The summed E-state index contributed by atoms with van der Waals surface area (Å²) in [5, 5.41) is 3.02. The first kappa shape index (κ1) is 34.2. The molecule has 0 radical (unpaired) electrons. The molecule has 0 saturated heterocycles. The molecular weight excluding hydrogens is 626 g/mol. The van der Waals surface area contributed by atoms with E-state index in [9.17, 15) is 31.2 Å². The van der Waals surface area contributed by atoms with Crippen molar-refractivity contribution in [2.75, 3.05) is 17.1 Å². The number of rotatable bonds is 10. The second kappa shape index (κ2) is 13.6. The fourth-order valence-electron chi connectivity index (χ4n) is 4.27. The summed E-state index contributed by atoms with van der Waals surface area (Å²) in [6.07, 6.45) is -3.96. The Labute approximate surface area is 259 Å². The highest BCUT2D eigenvalue weighted by atomic mass is 35.5. The zero-order valence-electron chi connectivity index (χ0n) is 24.0. The Morgan fingerprint density at radius 3 is 2.05 bits per heavy atom. The fraction of sp³-hybridized carbons (Fsp3) is 0.333. The van der Waals surface area contributed by atoms with Gasteiger partial charge in [0.2, 0.25) is 21.8 Å². The second-order valence-electron chi connectivity index (χ2n) is 11.0. The average Bonchev–Trinajstić information content (AvgIpc) is 2.89. The second-order valence-corrected chi connectivity index (χ2v) is 13.8. The standard InChI is InChI=1S/C30H32Cl2F3N3O4S/c1-29(2,3)36-28(40)26(16-20-8-6-5-7-9-20)37(18-21-10-13-23(31)14-11-21)27(39)19-38(43(4,41)42)25-17-22(30(33,34)35)12-15-24(25)32/h5-15,17,26H,16,18-19H2,1-4H3,(H,36,40). The van der Waals surface area contributed by atoms with Crippen LogP contribution in [-0.4, -0.2) is 49.5 Å². The molecule has 3 aromatic carbocycles. The van der Waals surface area contributed by atoms with Crippen molar-refractivity contribution in [1.82, 2.24) is 10.2 Å². The molecule has 0 aliphatic heterocycles. The molecule has 3 rings (SSSR count). The Balaban J connectivity index is 2.13. The van der Waals surface area contributed by atoms with Crippen molar-refractivity contribution in [3.05, 3.63) is 99.5 Å². The Bertz CT molecular complexity index is 1550. The van der Waals surface area contributed by atoms with Crippen LogP contribution in [0.5, 0.6) is 0 Å². The molecule has 7 nitrogen and oxygen atoms in total. The zero-order chi connectivity index (χ0) is 32.2. The maximum atomic E-state index is 14.1. The van der Waals surface area contributed by atoms with Crippen molar-refractivity contribution in [3.63, 3.8) is 0 Å². The molecule has 0 saturated carbocycles. The Morgan fingerprint density at radius 1 is 0.907 bits per heavy atom. The number of anilines is 1. The third-order valence-electron chi connectivity index (χ3n) is 6.26. The molecule has 232 valence electrons. The summed E-state index contributed by atoms with van der Waals surface area (Å²) in [5.41, 5.74) is -1.02. The van der Waals surface area contributed by atoms with E-state index in [-0.39, 0.29) is 18.0 Å². The summed E-state index contributed by atoms with van der Waals surface area (Å²) in [4.78, 5) is 29.0. The zero-order valence-corrected chi connectivity index (χ0v) is 26.3. The lowest BCUT2D eigenvalue weighted by Crippen LogP contribution is -2.56. The lowest BCUT2D eigenvalue weighted by atomic mass is 10.0. The molecule has 3 aromatic rings. The molecule has 0 heterocycles. The highest BCUT2D eigenvalue weighted by Crippen LogP contribution is 2.36. The van der Waals surface area contributed by atoms with Gasteiger partial charge in [0.15, 0.2) is 0 Å². The van der Waals surface area contributed by atoms with Crippen LogP contribution in [0.1, 0.15) is 37.5 Å². The van der Waals surface area contributed by atoms with Crippen molar-refractivity contribution < 1.29 is 31.2 Å². The van der Waals surface area contributed by atoms with Crippen LogP contribution >= 0.6 is 23.2 Å². The summed E-state index contributed by atoms with van der Waals surface area (Å²) >= 11 is 12.2. The van der Waals surface area contributed by atoms with Gasteiger partial charge in [-0.3, -0.25) is 13.9 Å². The predicted octanol–water partition coefficient (Wildman–Crippen LogP) is 6.33. The molecule has 43 heavy (non-hydrogen) atoms. The first-order chi connectivity index (χ1) is 19.8. The van der Waals surface area contributed by atoms with Gasteiger partial charge in [-0.15, -0.1) is 0 Å². The van der Waals surface area contributed by atoms with E-state index in [4.69, 9.17) is 23.2 Å². The molecular formula is C30H32Cl2F3N3O4S. The van der Waals surface area contributed by atoms with Crippen molar-refractivity contribution >= 4 is 50.7 Å². The van der Waals surface area contributed by atoms with Gasteiger partial charge in [0.05, 0.1) is 22.5 Å². The number of amides is 2. The van der Waals surface area contributed by atoms with Crippen LogP contribution in [0.3, 0.4) is 0 Å². The van der Waals surface area contributed by atoms with Gasteiger partial charge >= 0.3 is 6.18 Å². The molecule has 1 atom stereocenters. The van der Waals surface area contributed by atoms with Gasteiger partial charge in [-0.2, -0.15) is 13.2 Å². The third-order valence-corrected chi connectivity index (χ3v) is 7.95. The predicted molar refractivity (Wildman–Crippen MR) is 162 cm³/mol. The first-order valence-corrected chi connectivity index (χ1v) is 15.7. The minimum Gasteiger partial charge on any atom is -0.350 e. The topological polar surface area (TPSA) is 86.8 Å². The number of carbonyl (C=O) groups is 2. The smallest absolute Gasteiger partial charge is 0.350 e. The maximum Gasteiger partial charge on any atom is 0.416 e. The van der Waals surface area contributed by atoms with Gasteiger partial charge in [0, 0.05) is 23.5 Å². The number of nitrogens with one attached hydrogen (secondary N) is 1. The largest absolute Gasteiger partial charge is 0.416 e. The van der Waals surface area contributed by atoms with Gasteiger partial charge in [-0.1, -0.05) is 65.7 Å². The van der Waals surface area contributed by atoms with E-state index in [0.717, 1.165) is 17.9 Å². The van der Waals surface area contributed by atoms with E-state index >= 15 is 0 Å². The Kier molecular flexibility index (Phi) is 10.8. The molecule has 1 N–H and O–H groups in total. The number of carbonyl (C=O) groups excluding carboxylic acids is 2. The minimum absolute atomic E-state index is 0.0747. The molecule has 0 aromatic heterocycles. The molecule has 13 heteroatoms. The van der Waals surface area contributed by atoms with E-state index < -0.39 is 57.4 Å². The van der Waals surface area contributed by atoms with Crippen molar-refractivity contribution in [2.45, 2.75) is 51.5 Å². The summed E-state index contributed by atoms with van der Waals surface area (Å²) in [7, 11) is -4.33. The van der Waals surface area contributed by atoms with E-state index in [1.54, 1.807) is 75.4 Å². The van der Waals surface area contributed by atoms with Crippen LogP contribution in [0, 0.1) is 0 Å². The van der Waals surface area contributed by atoms with E-state index in [1.165, 1.54) is 4.90 Å². The summed E-state index contributed by atoms with van der Waals surface area (Å²) in [6.45, 7) is 4.28. The number of sulfonamides is 1. The average molecular weight is 659 g/mol. The van der Waals surface area contributed by atoms with E-state index in [1.807, 2.05) is 0 Å². The number of alkyl halides is 3. The fourth-order valence-corrected chi connectivity index (χ4v) is 5.52. The van der Waals surface area contributed by atoms with Crippen molar-refractivity contribution in [2.24, 2.45) is 0 Å². The van der Waals surface area contributed by atoms with Crippen LogP contribution < -0.4 is 9.62 Å². The lowest BCUT2D eigenvalue weighted by Gasteiger charge is -2.35. The van der Waals surface area contributed by atoms with Crippen LogP contribution in [0.25, 0.3) is 0 Å². The molecule has 1 unspecified atom stereocenters. The SMILES string of the molecule is CC(C)(C)NC(=O)C(Cc1ccccc1)N(Cc1ccc(Cl)cc1)C(=O)CN(c1cc(C(F)(F)F)ccc1Cl)S(C)(=O)=O. The van der Waals surface area contributed by atoms with Gasteiger partial charge in [0.25, 0.3) is 0 Å². The lowest BCUT2D eigenvalue weighted by molar-refractivity contribution is -0.140. The van der Waals surface area contributed by atoms with Gasteiger partial charge in [-0.05, 0) is 62.2 Å². The maximum absolute atomic E-state index is 14.1. The monoisotopic (exact) mass is 657 g/mol. The van der Waals surface area contributed by atoms with Crippen molar-refractivity contribution in [3.8, 4) is 0 Å². The molecule has 0 aliphatic rings. The van der Waals surface area contributed by atoms with Crippen LogP contribution in [0.2, 0.25) is 10.0 Å². The Hall–Kier alpha value is -3.28. The molecule has 0 fully saturated rings. The number of halogens is 5. The minimum atomic E-state index is -4.79. The summed E-state index contributed by atoms with van der Waals surface area (Å²) in [5.74, 6) is -1.33. The molecule has 0 bridgehead atoms. The highest BCUT2D eigenvalue weighted by Gasteiger charge is 2.36. The summed E-state index contributed by atoms with van der Waals surface area (Å²) in [6, 6.07) is 16.5. The first-order valence-electron chi connectivity index (χ1n) is 13.1. The quantitative estimate of drug-likeness (QED) is 0.276. The molecule has 0 aliphatic carbocycles. The van der Waals surface area contributed by atoms with Gasteiger partial charge in [0.1, 0.15) is 12.6 Å². The normalized spacial score (nSPS) is 12.9.